The Labute approximate surface area is 109 Å². The maximum Gasteiger partial charge on any atom is 0.150 e. The van der Waals surface area contributed by atoms with Gasteiger partial charge in [-0.05, 0) is 36.3 Å². The smallest absolute Gasteiger partial charge is 0.150 e. The van der Waals surface area contributed by atoms with Gasteiger partial charge in [-0.15, -0.1) is 0 Å². The molecule has 3 nitrogen and oxygen atoms in total. The highest BCUT2D eigenvalue weighted by Gasteiger charge is 2.29. The molecule has 0 saturated carbocycles. The van der Waals surface area contributed by atoms with E-state index in [4.69, 9.17) is 0 Å². The first kappa shape index (κ1) is 13.6. The van der Waals surface area contributed by atoms with Gasteiger partial charge in [-0.3, -0.25) is 0 Å². The Morgan fingerprint density at radius 3 is 2.83 bits per heavy atom. The van der Waals surface area contributed by atoms with Crippen molar-refractivity contribution in [1.82, 2.24) is 0 Å². The van der Waals surface area contributed by atoms with Crippen LogP contribution in [0, 0.1) is 5.92 Å². The molecule has 18 heavy (non-hydrogen) atoms. The van der Waals surface area contributed by atoms with E-state index in [1.807, 2.05) is 24.3 Å². The van der Waals surface area contributed by atoms with Crippen molar-refractivity contribution < 1.29 is 13.5 Å². The van der Waals surface area contributed by atoms with Crippen molar-refractivity contribution in [3.63, 3.8) is 0 Å². The van der Waals surface area contributed by atoms with Crippen LogP contribution >= 0.6 is 0 Å². The van der Waals surface area contributed by atoms with Gasteiger partial charge in [0.15, 0.2) is 9.84 Å². The van der Waals surface area contributed by atoms with Gasteiger partial charge < -0.3 is 5.11 Å². The molecular weight excluding hydrogens is 248 g/mol. The SMILES string of the molecule is CCc1cccc(C(O)CC2CCS(=O)(=O)C2)c1. The molecule has 100 valence electrons. The quantitative estimate of drug-likeness (QED) is 0.910. The number of benzene rings is 1. The Bertz CT molecular complexity index is 508. The molecule has 4 heteroatoms. The van der Waals surface area contributed by atoms with Crippen LogP contribution in [-0.2, 0) is 16.3 Å². The molecule has 2 atom stereocenters. The minimum absolute atomic E-state index is 0.107. The highest BCUT2D eigenvalue weighted by atomic mass is 32.2. The lowest BCUT2D eigenvalue weighted by Crippen LogP contribution is -2.09. The third-order valence-electron chi connectivity index (χ3n) is 3.63. The van der Waals surface area contributed by atoms with Crippen LogP contribution in [0.1, 0.15) is 37.0 Å². The van der Waals surface area contributed by atoms with Crippen LogP contribution in [0.2, 0.25) is 0 Å². The van der Waals surface area contributed by atoms with Gasteiger partial charge >= 0.3 is 0 Å². The molecule has 1 fully saturated rings. The minimum Gasteiger partial charge on any atom is -0.388 e. The third kappa shape index (κ3) is 3.33. The molecule has 0 aliphatic carbocycles. The molecule has 1 N–H and O–H groups in total. The number of aryl methyl sites for hydroxylation is 1. The lowest BCUT2D eigenvalue weighted by atomic mass is 9.95. The van der Waals surface area contributed by atoms with Gasteiger partial charge in [-0.1, -0.05) is 31.2 Å². The predicted octanol–water partition coefficient (Wildman–Crippen LogP) is 2.11. The molecule has 0 bridgehead atoms. The van der Waals surface area contributed by atoms with Crippen molar-refractivity contribution in [3.05, 3.63) is 35.4 Å². The maximum atomic E-state index is 11.4. The van der Waals surface area contributed by atoms with Gasteiger partial charge in [0.05, 0.1) is 17.6 Å². The Kier molecular flexibility index (Phi) is 4.07. The van der Waals surface area contributed by atoms with E-state index in [9.17, 15) is 13.5 Å². The Morgan fingerprint density at radius 1 is 1.44 bits per heavy atom. The number of rotatable bonds is 4. The van der Waals surface area contributed by atoms with Crippen molar-refractivity contribution >= 4 is 9.84 Å². The van der Waals surface area contributed by atoms with Gasteiger partial charge in [0.2, 0.25) is 0 Å². The summed E-state index contributed by atoms with van der Waals surface area (Å²) in [5.41, 5.74) is 2.10. The third-order valence-corrected chi connectivity index (χ3v) is 5.46. The van der Waals surface area contributed by atoms with Crippen molar-refractivity contribution in [1.29, 1.82) is 0 Å². The molecule has 0 aromatic heterocycles. The summed E-state index contributed by atoms with van der Waals surface area (Å²) in [6.07, 6.45) is 1.63. The zero-order chi connectivity index (χ0) is 13.2. The molecule has 1 aliphatic rings. The minimum atomic E-state index is -2.85. The summed E-state index contributed by atoms with van der Waals surface area (Å²) in [6.45, 7) is 2.08. The highest BCUT2D eigenvalue weighted by Crippen LogP contribution is 2.29. The van der Waals surface area contributed by atoms with Gasteiger partial charge in [0.1, 0.15) is 0 Å². The monoisotopic (exact) mass is 268 g/mol. The maximum absolute atomic E-state index is 11.4. The van der Waals surface area contributed by atoms with Gasteiger partial charge in [-0.25, -0.2) is 8.42 Å². The summed E-state index contributed by atoms with van der Waals surface area (Å²) in [5.74, 6) is 0.618. The summed E-state index contributed by atoms with van der Waals surface area (Å²) >= 11 is 0. The first-order chi connectivity index (χ1) is 8.50. The second kappa shape index (κ2) is 5.41. The molecule has 2 rings (SSSR count). The molecule has 2 unspecified atom stereocenters. The lowest BCUT2D eigenvalue weighted by molar-refractivity contribution is 0.148. The van der Waals surface area contributed by atoms with E-state index in [1.54, 1.807) is 0 Å². The Morgan fingerprint density at radius 2 is 2.22 bits per heavy atom. The fourth-order valence-electron chi connectivity index (χ4n) is 2.53. The van der Waals surface area contributed by atoms with E-state index in [0.29, 0.717) is 12.8 Å². The van der Waals surface area contributed by atoms with E-state index >= 15 is 0 Å². The van der Waals surface area contributed by atoms with E-state index in [1.165, 1.54) is 5.56 Å². The van der Waals surface area contributed by atoms with Crippen molar-refractivity contribution in [3.8, 4) is 0 Å². The number of hydrogen-bond donors (Lipinski definition) is 1. The topological polar surface area (TPSA) is 54.4 Å². The van der Waals surface area contributed by atoms with Gasteiger partial charge in [0.25, 0.3) is 0 Å². The average molecular weight is 268 g/mol. The van der Waals surface area contributed by atoms with Crippen LogP contribution in [0.5, 0.6) is 0 Å². The Balaban J connectivity index is 2.01. The predicted molar refractivity (Wildman–Crippen MR) is 72.2 cm³/mol. The normalized spacial score (nSPS) is 24.0. The van der Waals surface area contributed by atoms with Crippen LogP contribution < -0.4 is 0 Å². The lowest BCUT2D eigenvalue weighted by Gasteiger charge is -2.15. The summed E-state index contributed by atoms with van der Waals surface area (Å²) in [7, 11) is -2.85. The molecule has 0 spiro atoms. The largest absolute Gasteiger partial charge is 0.388 e. The molecule has 1 aromatic rings. The number of sulfone groups is 1. The van der Waals surface area contributed by atoms with Crippen LogP contribution in [0.15, 0.2) is 24.3 Å². The summed E-state index contributed by atoms with van der Waals surface area (Å²) in [4.78, 5) is 0. The molecule has 0 radical (unpaired) electrons. The van der Waals surface area contributed by atoms with Crippen molar-refractivity contribution in [2.45, 2.75) is 32.3 Å². The van der Waals surface area contributed by atoms with Crippen LogP contribution in [0.3, 0.4) is 0 Å². The standard InChI is InChI=1S/C14H20O3S/c1-2-11-4-3-5-13(8-11)14(15)9-12-6-7-18(16,17)10-12/h3-5,8,12,14-15H,2,6-7,9-10H2,1H3. The molecular formula is C14H20O3S. The first-order valence-corrected chi connectivity index (χ1v) is 8.29. The number of hydrogen-bond acceptors (Lipinski definition) is 3. The van der Waals surface area contributed by atoms with E-state index < -0.39 is 15.9 Å². The molecule has 1 aliphatic heterocycles. The van der Waals surface area contributed by atoms with E-state index in [2.05, 4.69) is 6.92 Å². The number of aliphatic hydroxyl groups excluding tert-OH is 1. The zero-order valence-electron chi connectivity index (χ0n) is 10.7. The second-order valence-corrected chi connectivity index (χ2v) is 7.35. The number of aliphatic hydroxyl groups is 1. The zero-order valence-corrected chi connectivity index (χ0v) is 11.5. The second-order valence-electron chi connectivity index (χ2n) is 5.12. The van der Waals surface area contributed by atoms with Crippen LogP contribution in [-0.4, -0.2) is 25.0 Å². The molecule has 1 aromatic carbocycles. The van der Waals surface area contributed by atoms with E-state index in [-0.39, 0.29) is 17.4 Å². The summed E-state index contributed by atoms with van der Waals surface area (Å²) in [6, 6.07) is 7.90. The Hall–Kier alpha value is -0.870. The van der Waals surface area contributed by atoms with Crippen molar-refractivity contribution in [2.24, 2.45) is 5.92 Å². The van der Waals surface area contributed by atoms with Crippen molar-refractivity contribution in [2.75, 3.05) is 11.5 Å². The van der Waals surface area contributed by atoms with Gasteiger partial charge in [0, 0.05) is 0 Å². The fourth-order valence-corrected chi connectivity index (χ4v) is 4.41. The summed E-state index contributed by atoms with van der Waals surface area (Å²) < 4.78 is 22.8. The average Bonchev–Trinajstić information content (AvgIpc) is 2.68. The highest BCUT2D eigenvalue weighted by molar-refractivity contribution is 7.91. The molecule has 1 heterocycles. The van der Waals surface area contributed by atoms with E-state index in [0.717, 1.165) is 12.0 Å². The first-order valence-electron chi connectivity index (χ1n) is 6.47. The fraction of sp³-hybridized carbons (Fsp3) is 0.571. The van der Waals surface area contributed by atoms with Crippen LogP contribution in [0.4, 0.5) is 0 Å². The van der Waals surface area contributed by atoms with Gasteiger partial charge in [-0.2, -0.15) is 0 Å². The molecule has 1 saturated heterocycles. The van der Waals surface area contributed by atoms with Crippen LogP contribution in [0.25, 0.3) is 0 Å². The summed E-state index contributed by atoms with van der Waals surface area (Å²) in [5, 5.41) is 10.2. The molecule has 0 amide bonds.